The quantitative estimate of drug-likeness (QED) is 0.195. The van der Waals surface area contributed by atoms with Gasteiger partial charge in [-0.25, -0.2) is 0 Å². The Labute approximate surface area is 225 Å². The molecule has 38 heavy (non-hydrogen) atoms. The lowest BCUT2D eigenvalue weighted by Crippen LogP contribution is -2.34. The number of carbonyl (C=O) groups is 3. The number of carbonyl (C=O) groups excluding carboxylic acids is 3. The predicted molar refractivity (Wildman–Crippen MR) is 152 cm³/mol. The molecule has 0 aliphatic heterocycles. The molecule has 0 spiro atoms. The van der Waals surface area contributed by atoms with Crippen molar-refractivity contribution in [3.63, 3.8) is 0 Å². The van der Waals surface area contributed by atoms with E-state index in [-0.39, 0.29) is 23.7 Å². The number of aryl methyl sites for hydroxylation is 2. The van der Waals surface area contributed by atoms with Crippen LogP contribution in [0.4, 0.5) is 0 Å². The second-order valence-electron chi connectivity index (χ2n) is 9.47. The molecule has 1 atom stereocenters. The summed E-state index contributed by atoms with van der Waals surface area (Å²) in [6.07, 6.45) is 0.667. The van der Waals surface area contributed by atoms with Crippen LogP contribution in [0.5, 0.6) is 0 Å². The van der Waals surface area contributed by atoms with Crippen molar-refractivity contribution in [2.75, 3.05) is 13.7 Å². The third kappa shape index (κ3) is 6.03. The first-order valence-electron chi connectivity index (χ1n) is 12.9. The van der Waals surface area contributed by atoms with Crippen LogP contribution in [-0.2, 0) is 14.1 Å². The zero-order valence-electron chi connectivity index (χ0n) is 22.7. The topological polar surface area (TPSA) is 89.5 Å². The van der Waals surface area contributed by atoms with Gasteiger partial charge >= 0.3 is 0 Å². The summed E-state index contributed by atoms with van der Waals surface area (Å²) in [4.78, 5) is 40.4. The third-order valence-corrected chi connectivity index (χ3v) is 9.60. The monoisotopic (exact) mass is 533 g/mol. The van der Waals surface area contributed by atoms with Crippen LogP contribution in [0.1, 0.15) is 63.6 Å². The van der Waals surface area contributed by atoms with E-state index in [1.54, 1.807) is 75.4 Å². The van der Waals surface area contributed by atoms with Gasteiger partial charge < -0.3 is 14.6 Å². The number of hydrogen-bond donors (Lipinski definition) is 1. The molecular formula is C31H36NO5P. The van der Waals surface area contributed by atoms with Crippen molar-refractivity contribution in [3.05, 3.63) is 94.5 Å². The van der Waals surface area contributed by atoms with Gasteiger partial charge in [0.05, 0.1) is 6.42 Å². The number of unbranched alkanes of at least 4 members (excludes halogenated alkanes) is 1. The number of ketones is 1. The average Bonchev–Trinajstić information content (AvgIpc) is 2.91. The summed E-state index contributed by atoms with van der Waals surface area (Å²) < 4.78 is 20.2. The zero-order chi connectivity index (χ0) is 27.9. The van der Waals surface area contributed by atoms with Crippen LogP contribution in [0.3, 0.4) is 0 Å². The van der Waals surface area contributed by atoms with Crippen LogP contribution in [0.25, 0.3) is 0 Å². The maximum atomic E-state index is 14.7. The first kappa shape index (κ1) is 29.2. The van der Waals surface area contributed by atoms with Crippen LogP contribution in [0.2, 0.25) is 0 Å². The molecule has 0 fully saturated rings. The number of benzene rings is 3. The van der Waals surface area contributed by atoms with Crippen molar-refractivity contribution < 1.29 is 23.7 Å². The summed E-state index contributed by atoms with van der Waals surface area (Å²) in [6, 6.07) is 19.2. The number of ether oxygens (including phenoxy) is 1. The Hall–Kier alpha value is -3.34. The van der Waals surface area contributed by atoms with Gasteiger partial charge in [0.2, 0.25) is 18.6 Å². The summed E-state index contributed by atoms with van der Waals surface area (Å²) in [7, 11) is -2.38. The molecule has 200 valence electrons. The van der Waals surface area contributed by atoms with E-state index in [4.69, 9.17) is 4.74 Å². The molecular weight excluding hydrogens is 497 g/mol. The normalized spacial score (nSPS) is 12.1. The van der Waals surface area contributed by atoms with Crippen molar-refractivity contribution in [1.82, 2.24) is 5.32 Å². The molecule has 0 saturated heterocycles. The fourth-order valence-electron chi connectivity index (χ4n) is 4.80. The van der Waals surface area contributed by atoms with Crippen molar-refractivity contribution >= 4 is 35.0 Å². The molecule has 7 heteroatoms. The largest absolute Gasteiger partial charge is 0.373 e. The van der Waals surface area contributed by atoms with Crippen molar-refractivity contribution in [3.8, 4) is 0 Å². The van der Waals surface area contributed by atoms with E-state index < -0.39 is 18.8 Å². The summed E-state index contributed by atoms with van der Waals surface area (Å²) >= 11 is 0. The Kier molecular flexibility index (Phi) is 9.96. The number of rotatable bonds is 12. The van der Waals surface area contributed by atoms with Crippen LogP contribution in [0, 0.1) is 20.8 Å². The fraction of sp³-hybridized carbons (Fsp3) is 0.323. The van der Waals surface area contributed by atoms with E-state index in [1.807, 2.05) is 19.1 Å². The second kappa shape index (κ2) is 12.9. The highest BCUT2D eigenvalue weighted by Crippen LogP contribution is 2.48. The lowest BCUT2D eigenvalue weighted by Gasteiger charge is -2.23. The molecule has 0 radical (unpaired) electrons. The lowest BCUT2D eigenvalue weighted by atomic mass is 9.89. The Balaban J connectivity index is 2.10. The van der Waals surface area contributed by atoms with E-state index in [0.29, 0.717) is 39.4 Å². The van der Waals surface area contributed by atoms with Gasteiger partial charge in [0.1, 0.15) is 6.10 Å². The third-order valence-electron chi connectivity index (χ3n) is 6.76. The van der Waals surface area contributed by atoms with Crippen LogP contribution >= 0.6 is 7.14 Å². The number of hydrogen-bond acceptors (Lipinski definition) is 5. The highest BCUT2D eigenvalue weighted by molar-refractivity contribution is 7.93. The van der Waals surface area contributed by atoms with Gasteiger partial charge in [-0.3, -0.25) is 14.4 Å². The summed E-state index contributed by atoms with van der Waals surface area (Å²) in [5.41, 5.74) is 1.81. The van der Waals surface area contributed by atoms with Gasteiger partial charge in [-0.15, -0.1) is 0 Å². The molecule has 0 aromatic heterocycles. The zero-order valence-corrected chi connectivity index (χ0v) is 23.6. The molecule has 0 saturated carbocycles. The van der Waals surface area contributed by atoms with E-state index in [9.17, 15) is 18.9 Å². The molecule has 6 nitrogen and oxygen atoms in total. The van der Waals surface area contributed by atoms with Gasteiger partial charge in [0.25, 0.3) is 0 Å². The van der Waals surface area contributed by atoms with Crippen molar-refractivity contribution in [2.24, 2.45) is 0 Å². The van der Waals surface area contributed by atoms with Crippen LogP contribution in [-0.4, -0.2) is 37.0 Å². The van der Waals surface area contributed by atoms with Crippen LogP contribution in [0.15, 0.2) is 66.7 Å². The maximum Gasteiger partial charge on any atom is 0.230 e. The Bertz CT molecular complexity index is 1310. The summed E-state index contributed by atoms with van der Waals surface area (Å²) in [5, 5.41) is 3.68. The molecule has 3 aromatic rings. The Morgan fingerprint density at radius 2 is 1.39 bits per heavy atom. The Morgan fingerprint density at radius 3 is 1.89 bits per heavy atom. The first-order valence-corrected chi connectivity index (χ1v) is 14.6. The molecule has 1 amide bonds. The number of amides is 1. The SMILES string of the molecule is CCCCNC(=O)CC(OC)C(=O)c1c(C)cc(C)c(C(=O)P(=O)(c2ccccc2)c2ccccc2)c1C. The minimum Gasteiger partial charge on any atom is -0.373 e. The fourth-order valence-corrected chi connectivity index (χ4v) is 7.41. The van der Waals surface area contributed by atoms with E-state index in [0.717, 1.165) is 12.8 Å². The van der Waals surface area contributed by atoms with E-state index in [2.05, 4.69) is 5.32 Å². The summed E-state index contributed by atoms with van der Waals surface area (Å²) in [6.45, 7) is 7.86. The summed E-state index contributed by atoms with van der Waals surface area (Å²) in [5.74, 6) is -0.647. The first-order chi connectivity index (χ1) is 18.2. The van der Waals surface area contributed by atoms with Crippen molar-refractivity contribution in [1.29, 1.82) is 0 Å². The lowest BCUT2D eigenvalue weighted by molar-refractivity contribution is -0.122. The van der Waals surface area contributed by atoms with Crippen LogP contribution < -0.4 is 15.9 Å². The van der Waals surface area contributed by atoms with Crippen molar-refractivity contribution in [2.45, 2.75) is 53.1 Å². The number of methoxy groups -OCH3 is 1. The molecule has 0 aliphatic carbocycles. The maximum absolute atomic E-state index is 14.7. The number of Topliss-reactive ketones (excluding diaryl/α,β-unsaturated/α-hetero) is 1. The van der Waals surface area contributed by atoms with Gasteiger partial charge in [-0.05, 0) is 43.9 Å². The predicted octanol–water partition coefficient (Wildman–Crippen LogP) is 5.27. The van der Waals surface area contributed by atoms with Gasteiger partial charge in [0.15, 0.2) is 5.78 Å². The number of nitrogens with one attached hydrogen (secondary N) is 1. The standard InChI is InChI=1S/C31H36NO5P/c1-6-7-18-32-27(33)20-26(37-5)30(34)28-21(2)19-22(3)29(23(28)4)31(35)38(36,24-14-10-8-11-15-24)25-16-12-9-13-17-25/h8-17,19,26H,6-7,18,20H2,1-5H3,(H,32,33). The Morgan fingerprint density at radius 1 is 0.868 bits per heavy atom. The smallest absolute Gasteiger partial charge is 0.230 e. The van der Waals surface area contributed by atoms with Gasteiger partial charge in [-0.1, -0.05) is 80.1 Å². The second-order valence-corrected chi connectivity index (χ2v) is 12.1. The molecule has 0 bridgehead atoms. The molecule has 1 unspecified atom stereocenters. The minimum atomic E-state index is -3.77. The van der Waals surface area contributed by atoms with Gasteiger partial charge in [0, 0.05) is 35.4 Å². The van der Waals surface area contributed by atoms with E-state index in [1.165, 1.54) is 7.11 Å². The average molecular weight is 534 g/mol. The molecule has 0 aliphatic rings. The molecule has 3 rings (SSSR count). The molecule has 1 N–H and O–H groups in total. The molecule has 3 aromatic carbocycles. The minimum absolute atomic E-state index is 0.123. The highest BCUT2D eigenvalue weighted by atomic mass is 31.2. The highest BCUT2D eigenvalue weighted by Gasteiger charge is 2.39. The van der Waals surface area contributed by atoms with Gasteiger partial charge in [-0.2, -0.15) is 0 Å². The molecule has 0 heterocycles. The van der Waals surface area contributed by atoms with E-state index >= 15 is 0 Å².